The molecule has 0 aromatic heterocycles. The summed E-state index contributed by atoms with van der Waals surface area (Å²) in [5.41, 5.74) is 4.98. The van der Waals surface area contributed by atoms with Crippen molar-refractivity contribution >= 4 is 6.09 Å². The molecule has 1 aromatic rings. The highest BCUT2D eigenvalue weighted by Gasteiger charge is 2.33. The zero-order valence-corrected chi connectivity index (χ0v) is 15.3. The van der Waals surface area contributed by atoms with Crippen molar-refractivity contribution < 1.29 is 9.53 Å². The summed E-state index contributed by atoms with van der Waals surface area (Å²) in [6.45, 7) is 15.6. The van der Waals surface area contributed by atoms with Gasteiger partial charge in [-0.3, -0.25) is 0 Å². The number of likely N-dealkylation sites (tertiary alicyclic amines) is 1. The number of hydrogen-bond acceptors (Lipinski definition) is 3. The topological polar surface area (TPSA) is 41.6 Å². The summed E-state index contributed by atoms with van der Waals surface area (Å²) < 4.78 is 5.37. The lowest BCUT2D eigenvalue weighted by Gasteiger charge is -2.40. The lowest BCUT2D eigenvalue weighted by atomic mass is 9.98. The van der Waals surface area contributed by atoms with Crippen molar-refractivity contribution in [1.82, 2.24) is 10.2 Å². The molecule has 0 saturated carbocycles. The first-order valence-electron chi connectivity index (χ1n) is 8.41. The zero-order chi connectivity index (χ0) is 17.2. The highest BCUT2D eigenvalue weighted by Crippen LogP contribution is 2.20. The van der Waals surface area contributed by atoms with Gasteiger partial charge in [0, 0.05) is 32.1 Å². The Bertz CT molecular complexity index is 546. The van der Waals surface area contributed by atoms with Gasteiger partial charge in [-0.15, -0.1) is 0 Å². The summed E-state index contributed by atoms with van der Waals surface area (Å²) in [6, 6.07) is 4.47. The Morgan fingerprint density at radius 2 is 1.78 bits per heavy atom. The molecule has 1 saturated heterocycles. The van der Waals surface area contributed by atoms with E-state index in [2.05, 4.69) is 38.2 Å². The summed E-state index contributed by atoms with van der Waals surface area (Å²) in [6.07, 6.45) is -0.195. The van der Waals surface area contributed by atoms with Gasteiger partial charge in [0.25, 0.3) is 0 Å². The molecule has 23 heavy (non-hydrogen) atoms. The molecule has 0 spiro atoms. The molecule has 4 nitrogen and oxygen atoms in total. The van der Waals surface area contributed by atoms with Crippen LogP contribution in [0.3, 0.4) is 0 Å². The van der Waals surface area contributed by atoms with Gasteiger partial charge < -0.3 is 15.0 Å². The molecule has 0 atom stereocenters. The number of benzene rings is 1. The van der Waals surface area contributed by atoms with E-state index in [1.54, 1.807) is 4.90 Å². The van der Waals surface area contributed by atoms with Crippen LogP contribution in [0.15, 0.2) is 12.1 Å². The Labute approximate surface area is 140 Å². The van der Waals surface area contributed by atoms with Crippen molar-refractivity contribution in [3.63, 3.8) is 0 Å². The Morgan fingerprint density at radius 3 is 2.30 bits per heavy atom. The van der Waals surface area contributed by atoms with Crippen LogP contribution >= 0.6 is 0 Å². The quantitative estimate of drug-likeness (QED) is 0.923. The van der Waals surface area contributed by atoms with Crippen molar-refractivity contribution in [2.75, 3.05) is 19.6 Å². The number of amides is 1. The average Bonchev–Trinajstić information content (AvgIpc) is 2.31. The molecule has 128 valence electrons. The van der Waals surface area contributed by atoms with Gasteiger partial charge in [0.2, 0.25) is 0 Å². The lowest BCUT2D eigenvalue weighted by molar-refractivity contribution is -0.000798. The van der Waals surface area contributed by atoms with Gasteiger partial charge in [-0.25, -0.2) is 4.79 Å². The van der Waals surface area contributed by atoms with Gasteiger partial charge in [0.1, 0.15) is 5.60 Å². The summed E-state index contributed by atoms with van der Waals surface area (Å²) in [7, 11) is 0. The average molecular weight is 318 g/mol. The number of nitrogens with zero attached hydrogens (tertiary/aromatic N) is 1. The van der Waals surface area contributed by atoms with E-state index in [-0.39, 0.29) is 6.09 Å². The van der Waals surface area contributed by atoms with Crippen LogP contribution in [-0.2, 0) is 11.3 Å². The molecular formula is C19H30N2O2. The number of rotatable bonds is 4. The second-order valence-electron chi connectivity index (χ2n) is 7.76. The van der Waals surface area contributed by atoms with Gasteiger partial charge >= 0.3 is 6.09 Å². The lowest BCUT2D eigenvalue weighted by Crippen LogP contribution is -2.54. The van der Waals surface area contributed by atoms with E-state index in [1.165, 1.54) is 22.3 Å². The largest absolute Gasteiger partial charge is 0.444 e. The fourth-order valence-electron chi connectivity index (χ4n) is 3.06. The molecule has 1 aliphatic heterocycles. The molecule has 0 aliphatic carbocycles. The van der Waals surface area contributed by atoms with E-state index in [0.717, 1.165) is 26.2 Å². The second-order valence-corrected chi connectivity index (χ2v) is 7.76. The fraction of sp³-hybridized carbons (Fsp3) is 0.632. The molecule has 4 heteroatoms. The highest BCUT2D eigenvalue weighted by atomic mass is 16.6. The zero-order valence-electron chi connectivity index (χ0n) is 15.3. The minimum Gasteiger partial charge on any atom is -0.444 e. The van der Waals surface area contributed by atoms with Crippen molar-refractivity contribution in [2.24, 2.45) is 5.92 Å². The van der Waals surface area contributed by atoms with Crippen LogP contribution in [0.2, 0.25) is 0 Å². The normalized spacial score (nSPS) is 15.5. The minimum atomic E-state index is -0.416. The molecule has 0 bridgehead atoms. The van der Waals surface area contributed by atoms with Crippen molar-refractivity contribution in [2.45, 2.75) is 53.7 Å². The Morgan fingerprint density at radius 1 is 1.22 bits per heavy atom. The molecule has 2 rings (SSSR count). The molecule has 1 N–H and O–H groups in total. The molecule has 1 fully saturated rings. The molecule has 1 aliphatic rings. The highest BCUT2D eigenvalue weighted by molar-refractivity contribution is 5.69. The maximum absolute atomic E-state index is 11.9. The first-order valence-corrected chi connectivity index (χ1v) is 8.41. The standard InChI is InChI=1S/C19H30N2O2/c1-13-7-14(2)17(15(3)8-13)10-20-9-16-11-21(12-16)18(22)23-19(4,5)6/h7-8,16,20H,9-12H2,1-6H3. The van der Waals surface area contributed by atoms with Crippen LogP contribution in [0, 0.1) is 26.7 Å². The summed E-state index contributed by atoms with van der Waals surface area (Å²) >= 11 is 0. The van der Waals surface area contributed by atoms with E-state index in [4.69, 9.17) is 4.74 Å². The van der Waals surface area contributed by atoms with Gasteiger partial charge in [0.15, 0.2) is 0 Å². The molecular weight excluding hydrogens is 288 g/mol. The van der Waals surface area contributed by atoms with Gasteiger partial charge in [-0.2, -0.15) is 0 Å². The van der Waals surface area contributed by atoms with E-state index in [0.29, 0.717) is 5.92 Å². The Balaban J connectivity index is 1.73. The number of aryl methyl sites for hydroxylation is 3. The van der Waals surface area contributed by atoms with E-state index < -0.39 is 5.60 Å². The number of ether oxygens (including phenoxy) is 1. The molecule has 0 unspecified atom stereocenters. The third-order valence-electron chi connectivity index (χ3n) is 4.18. The minimum absolute atomic E-state index is 0.195. The van der Waals surface area contributed by atoms with Gasteiger partial charge in [-0.05, 0) is 58.2 Å². The predicted octanol–water partition coefficient (Wildman–Crippen LogP) is 3.57. The van der Waals surface area contributed by atoms with E-state index >= 15 is 0 Å². The molecule has 1 amide bonds. The van der Waals surface area contributed by atoms with Crippen LogP contribution in [0.1, 0.15) is 43.0 Å². The summed E-state index contributed by atoms with van der Waals surface area (Å²) in [5.74, 6) is 0.522. The smallest absolute Gasteiger partial charge is 0.410 e. The van der Waals surface area contributed by atoms with E-state index in [1.807, 2.05) is 20.8 Å². The third kappa shape index (κ3) is 4.96. The SMILES string of the molecule is Cc1cc(C)c(CNCC2CN(C(=O)OC(C)(C)C)C2)c(C)c1. The van der Waals surface area contributed by atoms with Crippen LogP contribution < -0.4 is 5.32 Å². The molecule has 1 aromatic carbocycles. The number of nitrogens with one attached hydrogen (secondary N) is 1. The molecule has 1 heterocycles. The first-order chi connectivity index (χ1) is 10.7. The maximum Gasteiger partial charge on any atom is 0.410 e. The third-order valence-corrected chi connectivity index (χ3v) is 4.18. The summed E-state index contributed by atoms with van der Waals surface area (Å²) in [4.78, 5) is 13.7. The number of carbonyl (C=O) groups excluding carboxylic acids is 1. The Kier molecular flexibility index (Phi) is 5.35. The van der Waals surface area contributed by atoms with Crippen molar-refractivity contribution in [3.8, 4) is 0 Å². The van der Waals surface area contributed by atoms with Gasteiger partial charge in [0.05, 0.1) is 0 Å². The van der Waals surface area contributed by atoms with Crippen LogP contribution in [0.25, 0.3) is 0 Å². The van der Waals surface area contributed by atoms with Crippen LogP contribution in [-0.4, -0.2) is 36.2 Å². The number of hydrogen-bond donors (Lipinski definition) is 1. The maximum atomic E-state index is 11.9. The summed E-state index contributed by atoms with van der Waals surface area (Å²) in [5, 5.41) is 3.53. The monoisotopic (exact) mass is 318 g/mol. The van der Waals surface area contributed by atoms with Crippen molar-refractivity contribution in [3.05, 3.63) is 34.4 Å². The second kappa shape index (κ2) is 6.91. The van der Waals surface area contributed by atoms with Gasteiger partial charge in [-0.1, -0.05) is 17.7 Å². The fourth-order valence-corrected chi connectivity index (χ4v) is 3.06. The predicted molar refractivity (Wildman–Crippen MR) is 93.7 cm³/mol. The van der Waals surface area contributed by atoms with Crippen LogP contribution in [0.4, 0.5) is 4.79 Å². The van der Waals surface area contributed by atoms with E-state index in [9.17, 15) is 4.79 Å². The Hall–Kier alpha value is -1.55. The van der Waals surface area contributed by atoms with Crippen LogP contribution in [0.5, 0.6) is 0 Å². The van der Waals surface area contributed by atoms with Crippen molar-refractivity contribution in [1.29, 1.82) is 0 Å². The number of carbonyl (C=O) groups is 1. The first kappa shape index (κ1) is 17.8. The molecule has 0 radical (unpaired) electrons.